The van der Waals surface area contributed by atoms with Crippen LogP contribution >= 0.6 is 0 Å². The van der Waals surface area contributed by atoms with Crippen LogP contribution in [0.15, 0.2) is 24.3 Å². The molecule has 0 spiro atoms. The van der Waals surface area contributed by atoms with Crippen molar-refractivity contribution in [3.05, 3.63) is 46.8 Å². The van der Waals surface area contributed by atoms with Gasteiger partial charge in [-0.05, 0) is 37.8 Å². The number of aryl methyl sites for hydroxylation is 1. The number of hydrogen-bond acceptors (Lipinski definition) is 4. The maximum atomic E-state index is 12.5. The number of esters is 1. The summed E-state index contributed by atoms with van der Waals surface area (Å²) in [6.07, 6.45) is 3.95. The summed E-state index contributed by atoms with van der Waals surface area (Å²) in [5.74, 6) is -0.796. The molecule has 0 saturated carbocycles. The largest absolute Gasteiger partial charge is 0.465 e. The first-order chi connectivity index (χ1) is 10.7. The van der Waals surface area contributed by atoms with E-state index >= 15 is 0 Å². The summed E-state index contributed by atoms with van der Waals surface area (Å²) in [6, 6.07) is 6.76. The molecule has 1 amide bonds. The predicted octanol–water partition coefficient (Wildman–Crippen LogP) is 2.33. The molecule has 0 fully saturated rings. The van der Waals surface area contributed by atoms with Crippen molar-refractivity contribution in [2.75, 3.05) is 12.4 Å². The monoisotopic (exact) mass is 299 g/mol. The molecule has 0 aliphatic heterocycles. The van der Waals surface area contributed by atoms with Gasteiger partial charge in [0.15, 0.2) is 5.69 Å². The summed E-state index contributed by atoms with van der Waals surface area (Å²) in [5, 5.41) is 9.83. The average molecular weight is 299 g/mol. The van der Waals surface area contributed by atoms with Crippen molar-refractivity contribution in [3.8, 4) is 0 Å². The number of ether oxygens (including phenoxy) is 1. The summed E-state index contributed by atoms with van der Waals surface area (Å²) in [5.41, 5.74) is 3.18. The third-order valence-electron chi connectivity index (χ3n) is 3.85. The van der Waals surface area contributed by atoms with Crippen LogP contribution in [0.25, 0.3) is 0 Å². The number of H-pyrrole nitrogens is 1. The number of aromatic amines is 1. The number of anilines is 1. The number of nitrogens with zero attached hydrogens (tertiary/aromatic N) is 1. The van der Waals surface area contributed by atoms with Gasteiger partial charge in [-0.15, -0.1) is 0 Å². The second kappa shape index (κ2) is 6.01. The minimum Gasteiger partial charge on any atom is -0.465 e. The van der Waals surface area contributed by atoms with Crippen LogP contribution in [-0.4, -0.2) is 29.2 Å². The van der Waals surface area contributed by atoms with E-state index in [0.29, 0.717) is 16.9 Å². The molecule has 6 nitrogen and oxygen atoms in total. The molecule has 1 aromatic heterocycles. The average Bonchev–Trinajstić information content (AvgIpc) is 2.99. The number of carbonyl (C=O) groups is 2. The summed E-state index contributed by atoms with van der Waals surface area (Å²) in [6.45, 7) is 0. The van der Waals surface area contributed by atoms with Crippen LogP contribution < -0.4 is 5.32 Å². The van der Waals surface area contributed by atoms with E-state index in [-0.39, 0.29) is 5.91 Å². The van der Waals surface area contributed by atoms with Gasteiger partial charge in [-0.1, -0.05) is 12.1 Å². The van der Waals surface area contributed by atoms with Gasteiger partial charge in [-0.2, -0.15) is 5.10 Å². The van der Waals surface area contributed by atoms with E-state index in [0.717, 1.165) is 36.9 Å². The van der Waals surface area contributed by atoms with Gasteiger partial charge in [-0.25, -0.2) is 4.79 Å². The first-order valence-corrected chi connectivity index (χ1v) is 7.25. The molecular weight excluding hydrogens is 282 g/mol. The number of methoxy groups -OCH3 is 1. The Hall–Kier alpha value is -2.63. The molecule has 0 saturated heterocycles. The lowest BCUT2D eigenvalue weighted by Crippen LogP contribution is -2.18. The Morgan fingerprint density at radius 2 is 2.00 bits per heavy atom. The number of fused-ring (bicyclic) bond motifs is 1. The summed E-state index contributed by atoms with van der Waals surface area (Å²) < 4.78 is 4.73. The second-order valence-corrected chi connectivity index (χ2v) is 5.23. The molecule has 1 aliphatic rings. The first-order valence-electron chi connectivity index (χ1n) is 7.25. The number of carbonyl (C=O) groups excluding carboxylic acids is 2. The van der Waals surface area contributed by atoms with Gasteiger partial charge in [-0.3, -0.25) is 9.89 Å². The molecule has 2 N–H and O–H groups in total. The zero-order chi connectivity index (χ0) is 15.5. The molecule has 0 unspecified atom stereocenters. The van der Waals surface area contributed by atoms with Crippen molar-refractivity contribution < 1.29 is 14.3 Å². The van der Waals surface area contributed by atoms with Crippen molar-refractivity contribution in [1.82, 2.24) is 10.2 Å². The lowest BCUT2D eigenvalue weighted by molar-refractivity contribution is 0.0602. The van der Waals surface area contributed by atoms with Crippen LogP contribution in [0.3, 0.4) is 0 Å². The molecular formula is C16H17N3O3. The van der Waals surface area contributed by atoms with Crippen molar-refractivity contribution in [3.63, 3.8) is 0 Å². The zero-order valence-corrected chi connectivity index (χ0v) is 12.3. The van der Waals surface area contributed by atoms with Crippen molar-refractivity contribution in [1.29, 1.82) is 0 Å². The Kier molecular flexibility index (Phi) is 3.91. The van der Waals surface area contributed by atoms with Crippen molar-refractivity contribution in [2.45, 2.75) is 25.7 Å². The smallest absolute Gasteiger partial charge is 0.339 e. The van der Waals surface area contributed by atoms with Crippen molar-refractivity contribution >= 4 is 17.6 Å². The third-order valence-corrected chi connectivity index (χ3v) is 3.85. The molecule has 114 valence electrons. The highest BCUT2D eigenvalue weighted by molar-refractivity contribution is 6.07. The zero-order valence-electron chi connectivity index (χ0n) is 12.3. The van der Waals surface area contributed by atoms with E-state index in [9.17, 15) is 9.59 Å². The Morgan fingerprint density at radius 1 is 1.23 bits per heavy atom. The number of hydrogen-bond donors (Lipinski definition) is 2. The third kappa shape index (κ3) is 2.59. The van der Waals surface area contributed by atoms with Gasteiger partial charge in [0.05, 0.1) is 18.4 Å². The lowest BCUT2D eigenvalue weighted by Gasteiger charge is -2.12. The summed E-state index contributed by atoms with van der Waals surface area (Å²) >= 11 is 0. The molecule has 3 rings (SSSR count). The first kappa shape index (κ1) is 14.3. The Labute approximate surface area is 127 Å². The summed E-state index contributed by atoms with van der Waals surface area (Å²) in [7, 11) is 1.31. The van der Waals surface area contributed by atoms with Gasteiger partial charge in [0.1, 0.15) is 0 Å². The molecule has 2 aromatic rings. The highest BCUT2D eigenvalue weighted by Crippen LogP contribution is 2.23. The van der Waals surface area contributed by atoms with Crippen LogP contribution in [0.4, 0.5) is 5.69 Å². The Morgan fingerprint density at radius 3 is 2.82 bits per heavy atom. The van der Waals surface area contributed by atoms with Gasteiger partial charge < -0.3 is 10.1 Å². The molecule has 6 heteroatoms. The molecule has 1 heterocycles. The minimum atomic E-state index is -0.486. The van der Waals surface area contributed by atoms with E-state index in [2.05, 4.69) is 15.5 Å². The van der Waals surface area contributed by atoms with E-state index in [1.54, 1.807) is 24.3 Å². The maximum absolute atomic E-state index is 12.5. The molecule has 0 radical (unpaired) electrons. The fourth-order valence-corrected chi connectivity index (χ4v) is 2.73. The molecule has 22 heavy (non-hydrogen) atoms. The highest BCUT2D eigenvalue weighted by Gasteiger charge is 2.23. The maximum Gasteiger partial charge on any atom is 0.339 e. The minimum absolute atomic E-state index is 0.309. The van der Waals surface area contributed by atoms with Crippen LogP contribution in [0.2, 0.25) is 0 Å². The lowest BCUT2D eigenvalue weighted by atomic mass is 9.96. The van der Waals surface area contributed by atoms with E-state index in [4.69, 9.17) is 4.74 Å². The number of aromatic nitrogens is 2. The van der Waals surface area contributed by atoms with Gasteiger partial charge in [0.25, 0.3) is 5.91 Å². The quantitative estimate of drug-likeness (QED) is 0.852. The van der Waals surface area contributed by atoms with Crippen LogP contribution in [0.1, 0.15) is 44.9 Å². The number of nitrogens with one attached hydrogen (secondary N) is 2. The molecule has 1 aliphatic carbocycles. The fraction of sp³-hybridized carbons (Fsp3) is 0.312. The van der Waals surface area contributed by atoms with Crippen LogP contribution in [-0.2, 0) is 17.6 Å². The summed E-state index contributed by atoms with van der Waals surface area (Å²) in [4.78, 5) is 24.2. The second-order valence-electron chi connectivity index (χ2n) is 5.23. The van der Waals surface area contributed by atoms with Gasteiger partial charge in [0, 0.05) is 11.3 Å². The molecule has 0 atom stereocenters. The highest BCUT2D eigenvalue weighted by atomic mass is 16.5. The Bertz CT molecular complexity index is 721. The molecule has 1 aromatic carbocycles. The molecule has 0 bridgehead atoms. The van der Waals surface area contributed by atoms with Crippen molar-refractivity contribution in [2.24, 2.45) is 0 Å². The van der Waals surface area contributed by atoms with Gasteiger partial charge in [0.2, 0.25) is 0 Å². The Balaban J connectivity index is 1.86. The SMILES string of the molecule is COC(=O)c1ccccc1NC(=O)c1n[nH]c2c1CCCC2. The van der Waals surface area contributed by atoms with Crippen LogP contribution in [0, 0.1) is 0 Å². The van der Waals surface area contributed by atoms with Crippen LogP contribution in [0.5, 0.6) is 0 Å². The predicted molar refractivity (Wildman–Crippen MR) is 81.0 cm³/mol. The van der Waals surface area contributed by atoms with E-state index < -0.39 is 5.97 Å². The number of benzene rings is 1. The topological polar surface area (TPSA) is 84.1 Å². The van der Waals surface area contributed by atoms with E-state index in [1.165, 1.54) is 7.11 Å². The van der Waals surface area contributed by atoms with E-state index in [1.807, 2.05) is 0 Å². The fourth-order valence-electron chi connectivity index (χ4n) is 2.73. The number of rotatable bonds is 3. The number of para-hydroxylation sites is 1. The normalized spacial score (nSPS) is 13.3. The standard InChI is InChI=1S/C16H17N3O3/c1-22-16(21)11-7-3-4-8-12(11)17-15(20)14-10-6-2-5-9-13(10)18-19-14/h3-4,7-8H,2,5-6,9H2,1H3,(H,17,20)(H,18,19). The number of amides is 1. The van der Waals surface area contributed by atoms with Gasteiger partial charge >= 0.3 is 5.97 Å².